The van der Waals surface area contributed by atoms with Crippen LogP contribution in [-0.4, -0.2) is 14.5 Å². The highest BCUT2D eigenvalue weighted by atomic mass is 16.6. The summed E-state index contributed by atoms with van der Waals surface area (Å²) in [6.45, 7) is 3.92. The minimum absolute atomic E-state index is 0.0393. The van der Waals surface area contributed by atoms with Crippen LogP contribution in [0.1, 0.15) is 22.5 Å². The number of hydrogen-bond donors (Lipinski definition) is 0. The smallest absolute Gasteiger partial charge is 0.270 e. The first-order valence-electron chi connectivity index (χ1n) is 7.98. The average molecular weight is 344 g/mol. The van der Waals surface area contributed by atoms with Crippen LogP contribution in [0.25, 0.3) is 17.5 Å². The van der Waals surface area contributed by atoms with Gasteiger partial charge in [-0.25, -0.2) is 4.98 Å². The van der Waals surface area contributed by atoms with E-state index in [0.29, 0.717) is 11.1 Å². The van der Waals surface area contributed by atoms with E-state index in [1.54, 1.807) is 24.4 Å². The highest BCUT2D eigenvalue weighted by Crippen LogP contribution is 2.26. The molecular weight excluding hydrogens is 328 g/mol. The van der Waals surface area contributed by atoms with Crippen LogP contribution in [-0.2, 0) is 0 Å². The average Bonchev–Trinajstić information content (AvgIpc) is 2.93. The molecule has 0 saturated heterocycles. The predicted molar refractivity (Wildman–Crippen MR) is 99.6 cm³/mol. The van der Waals surface area contributed by atoms with Gasteiger partial charge in [-0.3, -0.25) is 10.1 Å². The lowest BCUT2D eigenvalue weighted by molar-refractivity contribution is -0.384. The third-order valence-electron chi connectivity index (χ3n) is 4.14. The summed E-state index contributed by atoms with van der Waals surface area (Å²) in [5, 5.41) is 20.5. The lowest BCUT2D eigenvalue weighted by atomic mass is 10.0. The summed E-state index contributed by atoms with van der Waals surface area (Å²) >= 11 is 0. The van der Waals surface area contributed by atoms with Gasteiger partial charge in [0.2, 0.25) is 0 Å². The summed E-state index contributed by atoms with van der Waals surface area (Å²) in [4.78, 5) is 14.9. The van der Waals surface area contributed by atoms with E-state index < -0.39 is 4.92 Å². The topological polar surface area (TPSA) is 84.7 Å². The zero-order chi connectivity index (χ0) is 18.7. The maximum absolute atomic E-state index is 11.0. The quantitative estimate of drug-likeness (QED) is 0.397. The van der Waals surface area contributed by atoms with Crippen molar-refractivity contribution in [1.29, 1.82) is 5.26 Å². The van der Waals surface area contributed by atoms with Crippen molar-refractivity contribution in [3.05, 3.63) is 87.4 Å². The fourth-order valence-electron chi connectivity index (χ4n) is 2.89. The summed E-state index contributed by atoms with van der Waals surface area (Å²) in [6, 6.07) is 15.9. The molecule has 3 rings (SSSR count). The molecule has 2 aromatic heterocycles. The summed E-state index contributed by atoms with van der Waals surface area (Å²) < 4.78 is 2.01. The summed E-state index contributed by atoms with van der Waals surface area (Å²) in [5.74, 6) is 0.802. The molecule has 0 amide bonds. The first kappa shape index (κ1) is 17.1. The SMILES string of the molecule is Cc1cc(/C=C(/C#N)c2cccc([N+](=O)[O-])c2)c(C)n1-c1ccccn1. The Morgan fingerprint density at radius 3 is 2.69 bits per heavy atom. The van der Waals surface area contributed by atoms with Crippen molar-refractivity contribution in [2.45, 2.75) is 13.8 Å². The van der Waals surface area contributed by atoms with E-state index in [0.717, 1.165) is 22.8 Å². The first-order chi connectivity index (χ1) is 12.5. The van der Waals surface area contributed by atoms with Gasteiger partial charge in [-0.1, -0.05) is 18.2 Å². The van der Waals surface area contributed by atoms with E-state index in [-0.39, 0.29) is 5.69 Å². The Hall–Kier alpha value is -3.72. The number of rotatable bonds is 4. The Labute approximate surface area is 150 Å². The van der Waals surface area contributed by atoms with Crippen molar-refractivity contribution < 1.29 is 4.92 Å². The molecule has 0 N–H and O–H groups in total. The number of nitrogens with zero attached hydrogens (tertiary/aromatic N) is 4. The Morgan fingerprint density at radius 2 is 2.04 bits per heavy atom. The van der Waals surface area contributed by atoms with Crippen molar-refractivity contribution in [2.24, 2.45) is 0 Å². The van der Waals surface area contributed by atoms with Crippen molar-refractivity contribution >= 4 is 17.3 Å². The van der Waals surface area contributed by atoms with Gasteiger partial charge >= 0.3 is 0 Å². The van der Waals surface area contributed by atoms with E-state index in [2.05, 4.69) is 11.1 Å². The number of non-ortho nitro benzene ring substituents is 1. The molecule has 6 heteroatoms. The monoisotopic (exact) mass is 344 g/mol. The van der Waals surface area contributed by atoms with Gasteiger partial charge in [-0.2, -0.15) is 5.26 Å². The number of nitro groups is 1. The van der Waals surface area contributed by atoms with E-state index in [9.17, 15) is 15.4 Å². The first-order valence-corrected chi connectivity index (χ1v) is 7.98. The second-order valence-corrected chi connectivity index (χ2v) is 5.83. The Kier molecular flexibility index (Phi) is 4.63. The number of hydrogen-bond acceptors (Lipinski definition) is 4. The fourth-order valence-corrected chi connectivity index (χ4v) is 2.89. The van der Waals surface area contributed by atoms with Crippen molar-refractivity contribution in [2.75, 3.05) is 0 Å². The number of aryl methyl sites for hydroxylation is 1. The van der Waals surface area contributed by atoms with Gasteiger partial charge in [0.15, 0.2) is 0 Å². The molecule has 0 aliphatic carbocycles. The molecule has 128 valence electrons. The van der Waals surface area contributed by atoms with E-state index >= 15 is 0 Å². The predicted octanol–water partition coefficient (Wildman–Crippen LogP) is 4.46. The molecule has 6 nitrogen and oxygen atoms in total. The minimum Gasteiger partial charge on any atom is -0.303 e. The summed E-state index contributed by atoms with van der Waals surface area (Å²) in [5.41, 5.74) is 3.65. The second-order valence-electron chi connectivity index (χ2n) is 5.83. The highest BCUT2D eigenvalue weighted by molar-refractivity contribution is 5.90. The zero-order valence-corrected chi connectivity index (χ0v) is 14.4. The Bertz CT molecular complexity index is 1040. The number of nitriles is 1. The minimum atomic E-state index is -0.467. The maximum Gasteiger partial charge on any atom is 0.270 e. The molecule has 0 unspecified atom stereocenters. The maximum atomic E-state index is 11.0. The van der Waals surface area contributed by atoms with Gasteiger partial charge < -0.3 is 4.57 Å². The Balaban J connectivity index is 2.08. The second kappa shape index (κ2) is 7.03. The summed E-state index contributed by atoms with van der Waals surface area (Å²) in [7, 11) is 0. The third-order valence-corrected chi connectivity index (χ3v) is 4.14. The molecule has 3 aromatic rings. The van der Waals surface area contributed by atoms with Gasteiger partial charge in [-0.05, 0) is 49.2 Å². The van der Waals surface area contributed by atoms with Crippen LogP contribution in [0.4, 0.5) is 5.69 Å². The molecular formula is C20H16N4O2. The molecule has 0 atom stereocenters. The lowest BCUT2D eigenvalue weighted by Crippen LogP contribution is -2.01. The molecule has 0 fully saturated rings. The standard InChI is InChI=1S/C20H16N4O2/c1-14-10-17(15(2)23(14)20-8-3-4-9-22-20)11-18(13-21)16-6-5-7-19(12-16)24(25)26/h3-12H,1-2H3/b18-11-. The fraction of sp³-hybridized carbons (Fsp3) is 0.100. The lowest BCUT2D eigenvalue weighted by Gasteiger charge is -2.08. The van der Waals surface area contributed by atoms with Gasteiger partial charge in [0.25, 0.3) is 5.69 Å². The van der Waals surface area contributed by atoms with Gasteiger partial charge in [0.05, 0.1) is 16.6 Å². The summed E-state index contributed by atoms with van der Waals surface area (Å²) in [6.07, 6.45) is 3.48. The van der Waals surface area contributed by atoms with E-state index in [1.807, 2.05) is 42.7 Å². The number of benzene rings is 1. The van der Waals surface area contributed by atoms with E-state index in [1.165, 1.54) is 12.1 Å². The zero-order valence-electron chi connectivity index (χ0n) is 14.4. The molecule has 0 bridgehead atoms. The molecule has 0 aliphatic rings. The van der Waals surface area contributed by atoms with Gasteiger partial charge in [0, 0.05) is 29.7 Å². The molecule has 1 aromatic carbocycles. The highest BCUT2D eigenvalue weighted by Gasteiger charge is 2.13. The van der Waals surface area contributed by atoms with Crippen LogP contribution in [0, 0.1) is 35.3 Å². The number of pyridine rings is 1. The largest absolute Gasteiger partial charge is 0.303 e. The van der Waals surface area contributed by atoms with Crippen LogP contribution in [0.3, 0.4) is 0 Å². The Morgan fingerprint density at radius 1 is 1.23 bits per heavy atom. The number of nitro benzene ring substituents is 1. The van der Waals surface area contributed by atoms with Crippen molar-refractivity contribution in [1.82, 2.24) is 9.55 Å². The van der Waals surface area contributed by atoms with Crippen LogP contribution in [0.5, 0.6) is 0 Å². The van der Waals surface area contributed by atoms with Crippen molar-refractivity contribution in [3.63, 3.8) is 0 Å². The van der Waals surface area contributed by atoms with Crippen molar-refractivity contribution in [3.8, 4) is 11.9 Å². The van der Waals surface area contributed by atoms with E-state index in [4.69, 9.17) is 0 Å². The molecule has 0 spiro atoms. The molecule has 0 aliphatic heterocycles. The normalized spacial score (nSPS) is 11.2. The van der Waals surface area contributed by atoms with Gasteiger partial charge in [-0.15, -0.1) is 0 Å². The molecule has 2 heterocycles. The molecule has 0 radical (unpaired) electrons. The number of allylic oxidation sites excluding steroid dienone is 1. The van der Waals surface area contributed by atoms with Crippen LogP contribution < -0.4 is 0 Å². The van der Waals surface area contributed by atoms with Crippen LogP contribution in [0.15, 0.2) is 54.7 Å². The van der Waals surface area contributed by atoms with Gasteiger partial charge in [0.1, 0.15) is 5.82 Å². The molecule has 0 saturated carbocycles. The van der Waals surface area contributed by atoms with Crippen LogP contribution in [0.2, 0.25) is 0 Å². The van der Waals surface area contributed by atoms with Crippen LogP contribution >= 0.6 is 0 Å². The molecule has 26 heavy (non-hydrogen) atoms. The number of aromatic nitrogens is 2. The third kappa shape index (κ3) is 3.23.